The smallest absolute Gasteiger partial charge is 0.160 e. The Hall–Kier alpha value is -6.38. The summed E-state index contributed by atoms with van der Waals surface area (Å²) in [5.41, 5.74) is 18.4. The lowest BCUT2D eigenvalue weighted by atomic mass is 9.66. The lowest BCUT2D eigenvalue weighted by molar-refractivity contribution is 0.353. The molecule has 54 heavy (non-hydrogen) atoms. The highest BCUT2D eigenvalue weighted by atomic mass is 14.9. The molecule has 1 spiro atoms. The molecule has 10 rings (SSSR count). The molecule has 0 amide bonds. The van der Waals surface area contributed by atoms with Gasteiger partial charge < -0.3 is 0 Å². The molecular weight excluding hydrogens is 653 g/mol. The van der Waals surface area contributed by atoms with E-state index in [4.69, 9.17) is 9.97 Å². The Morgan fingerprint density at radius 3 is 1.54 bits per heavy atom. The Labute approximate surface area is 317 Å². The summed E-state index contributed by atoms with van der Waals surface area (Å²) in [6, 6.07) is 65.7. The fourth-order valence-corrected chi connectivity index (χ4v) is 9.10. The van der Waals surface area contributed by atoms with Gasteiger partial charge in [0.15, 0.2) is 5.82 Å². The molecule has 0 N–H and O–H groups in total. The zero-order chi connectivity index (χ0) is 35.9. The molecule has 1 saturated carbocycles. The molecule has 2 heteroatoms. The van der Waals surface area contributed by atoms with E-state index in [1.54, 1.807) is 5.56 Å². The molecule has 0 saturated heterocycles. The largest absolute Gasteiger partial charge is 0.228 e. The highest BCUT2D eigenvalue weighted by molar-refractivity contribution is 5.89. The van der Waals surface area contributed by atoms with Crippen LogP contribution in [0.5, 0.6) is 0 Å². The Morgan fingerprint density at radius 2 is 0.815 bits per heavy atom. The first-order chi connectivity index (χ1) is 26.7. The van der Waals surface area contributed by atoms with Crippen molar-refractivity contribution >= 4 is 0 Å². The Kier molecular flexibility index (Phi) is 8.10. The summed E-state index contributed by atoms with van der Waals surface area (Å²) in [7, 11) is 0. The molecule has 0 atom stereocenters. The molecule has 0 radical (unpaired) electrons. The van der Waals surface area contributed by atoms with E-state index in [2.05, 4.69) is 176 Å². The van der Waals surface area contributed by atoms with E-state index in [1.807, 2.05) is 6.07 Å². The summed E-state index contributed by atoms with van der Waals surface area (Å²) in [5, 5.41) is 0. The van der Waals surface area contributed by atoms with Crippen LogP contribution in [0, 0.1) is 0 Å². The van der Waals surface area contributed by atoms with Gasteiger partial charge in [-0.2, -0.15) is 0 Å². The van der Waals surface area contributed by atoms with E-state index in [0.29, 0.717) is 5.82 Å². The van der Waals surface area contributed by atoms with E-state index in [1.165, 1.54) is 76.6 Å². The Bertz CT molecular complexity index is 2600. The maximum absolute atomic E-state index is 5.17. The number of rotatable bonds is 6. The van der Waals surface area contributed by atoms with Crippen molar-refractivity contribution < 1.29 is 0 Å². The van der Waals surface area contributed by atoms with Crippen molar-refractivity contribution in [3.63, 3.8) is 0 Å². The second-order valence-corrected chi connectivity index (χ2v) is 14.8. The van der Waals surface area contributed by atoms with Gasteiger partial charge in [0.05, 0.1) is 11.4 Å². The summed E-state index contributed by atoms with van der Waals surface area (Å²) < 4.78 is 0. The van der Waals surface area contributed by atoms with Crippen molar-refractivity contribution in [3.8, 4) is 78.4 Å². The van der Waals surface area contributed by atoms with Gasteiger partial charge in [0.2, 0.25) is 0 Å². The first-order valence-electron chi connectivity index (χ1n) is 19.3. The third kappa shape index (κ3) is 5.67. The molecule has 8 aromatic rings. The van der Waals surface area contributed by atoms with Crippen LogP contribution in [0.2, 0.25) is 0 Å². The van der Waals surface area contributed by atoms with E-state index in [0.717, 1.165) is 33.6 Å². The van der Waals surface area contributed by atoms with Crippen LogP contribution >= 0.6 is 0 Å². The van der Waals surface area contributed by atoms with Crippen molar-refractivity contribution in [1.29, 1.82) is 0 Å². The third-order valence-corrected chi connectivity index (χ3v) is 11.7. The Morgan fingerprint density at radius 1 is 0.333 bits per heavy atom. The first kappa shape index (κ1) is 32.3. The fourth-order valence-electron chi connectivity index (χ4n) is 9.10. The molecule has 1 heterocycles. The lowest BCUT2D eigenvalue weighted by Gasteiger charge is -2.37. The zero-order valence-electron chi connectivity index (χ0n) is 30.3. The number of fused-ring (bicyclic) bond motifs is 5. The molecule has 0 aliphatic heterocycles. The average Bonchev–Trinajstić information content (AvgIpc) is 3.53. The van der Waals surface area contributed by atoms with Crippen molar-refractivity contribution in [2.24, 2.45) is 0 Å². The van der Waals surface area contributed by atoms with Crippen LogP contribution in [0.15, 0.2) is 182 Å². The van der Waals surface area contributed by atoms with Crippen molar-refractivity contribution in [2.45, 2.75) is 37.5 Å². The standard InChI is InChI=1S/C52H40N2/c1-4-14-36(15-5-1)37-26-30-41(31-27-37)49-35-48(40-16-6-2-7-17-40)53-51(54-49)43-19-12-18-42(34-43)38-24-28-39(29-25-38)44-21-13-22-46-45-20-8-9-23-47(45)52(50(44)46)32-10-3-11-33-52/h1-2,4-9,12-31,34-35H,3,10-11,32-33H2. The molecule has 2 nitrogen and oxygen atoms in total. The average molecular weight is 693 g/mol. The van der Waals surface area contributed by atoms with Crippen LogP contribution in [-0.2, 0) is 5.41 Å². The predicted molar refractivity (Wildman–Crippen MR) is 224 cm³/mol. The number of benzene rings is 7. The quantitative estimate of drug-likeness (QED) is 0.173. The van der Waals surface area contributed by atoms with Crippen LogP contribution in [-0.4, -0.2) is 9.97 Å². The summed E-state index contributed by atoms with van der Waals surface area (Å²) in [6.45, 7) is 0. The minimum Gasteiger partial charge on any atom is -0.228 e. The second kappa shape index (κ2) is 13.5. The molecule has 7 aromatic carbocycles. The van der Waals surface area contributed by atoms with E-state index >= 15 is 0 Å². The topological polar surface area (TPSA) is 25.8 Å². The molecular formula is C52H40N2. The third-order valence-electron chi connectivity index (χ3n) is 11.7. The Balaban J connectivity index is 1.01. The van der Waals surface area contributed by atoms with E-state index < -0.39 is 0 Å². The number of nitrogens with zero attached hydrogens (tertiary/aromatic N) is 2. The highest BCUT2D eigenvalue weighted by Crippen LogP contribution is 2.58. The molecule has 1 aromatic heterocycles. The van der Waals surface area contributed by atoms with Crippen LogP contribution in [0.3, 0.4) is 0 Å². The summed E-state index contributed by atoms with van der Waals surface area (Å²) in [5.74, 6) is 0.717. The maximum Gasteiger partial charge on any atom is 0.160 e. The van der Waals surface area contributed by atoms with Gasteiger partial charge in [-0.05, 0) is 80.6 Å². The van der Waals surface area contributed by atoms with Crippen LogP contribution in [0.25, 0.3) is 78.4 Å². The van der Waals surface area contributed by atoms with Gasteiger partial charge in [-0.15, -0.1) is 0 Å². The summed E-state index contributed by atoms with van der Waals surface area (Å²) >= 11 is 0. The van der Waals surface area contributed by atoms with Crippen LogP contribution in [0.4, 0.5) is 0 Å². The van der Waals surface area contributed by atoms with Crippen molar-refractivity contribution in [2.75, 3.05) is 0 Å². The zero-order valence-corrected chi connectivity index (χ0v) is 30.3. The number of hydrogen-bond donors (Lipinski definition) is 0. The van der Waals surface area contributed by atoms with Crippen LogP contribution in [0.1, 0.15) is 43.2 Å². The van der Waals surface area contributed by atoms with E-state index in [9.17, 15) is 0 Å². The van der Waals surface area contributed by atoms with Gasteiger partial charge in [-0.1, -0.05) is 189 Å². The van der Waals surface area contributed by atoms with Crippen molar-refractivity contribution in [3.05, 3.63) is 193 Å². The maximum atomic E-state index is 5.17. The van der Waals surface area contributed by atoms with Gasteiger partial charge in [-0.25, -0.2) is 9.97 Å². The monoisotopic (exact) mass is 692 g/mol. The molecule has 0 bridgehead atoms. The molecule has 2 aliphatic carbocycles. The summed E-state index contributed by atoms with van der Waals surface area (Å²) in [4.78, 5) is 10.3. The van der Waals surface area contributed by atoms with Crippen LogP contribution < -0.4 is 0 Å². The highest BCUT2D eigenvalue weighted by Gasteiger charge is 2.45. The van der Waals surface area contributed by atoms with E-state index in [-0.39, 0.29) is 5.41 Å². The van der Waals surface area contributed by atoms with Gasteiger partial charge in [0.1, 0.15) is 0 Å². The normalized spacial score (nSPS) is 14.1. The minimum absolute atomic E-state index is 0.116. The van der Waals surface area contributed by atoms with Gasteiger partial charge in [0, 0.05) is 22.1 Å². The second-order valence-electron chi connectivity index (χ2n) is 14.8. The van der Waals surface area contributed by atoms with Gasteiger partial charge in [0.25, 0.3) is 0 Å². The molecule has 1 fully saturated rings. The molecule has 258 valence electrons. The fraction of sp³-hybridized carbons (Fsp3) is 0.115. The molecule has 0 unspecified atom stereocenters. The number of hydrogen-bond acceptors (Lipinski definition) is 2. The minimum atomic E-state index is 0.116. The first-order valence-corrected chi connectivity index (χ1v) is 19.3. The number of aromatic nitrogens is 2. The summed E-state index contributed by atoms with van der Waals surface area (Å²) in [6.07, 6.45) is 6.37. The molecule has 2 aliphatic rings. The lowest BCUT2D eigenvalue weighted by Crippen LogP contribution is -2.28. The van der Waals surface area contributed by atoms with Gasteiger partial charge in [-0.3, -0.25) is 0 Å². The van der Waals surface area contributed by atoms with Gasteiger partial charge >= 0.3 is 0 Å². The van der Waals surface area contributed by atoms with Crippen molar-refractivity contribution in [1.82, 2.24) is 9.97 Å². The predicted octanol–water partition coefficient (Wildman–Crippen LogP) is 13.7. The SMILES string of the molecule is c1ccc(-c2ccc(-c3cc(-c4ccccc4)nc(-c4cccc(-c5ccc(-c6cccc7c6C6(CCCCC6)c6ccccc6-7)cc5)c4)n3)cc2)cc1.